The summed E-state index contributed by atoms with van der Waals surface area (Å²) in [6.07, 6.45) is 1.87. The number of anilines is 2. The number of nitrogens with one attached hydrogen (secondary N) is 2. The van der Waals surface area contributed by atoms with E-state index in [4.69, 9.17) is 11.6 Å². The van der Waals surface area contributed by atoms with E-state index in [2.05, 4.69) is 10.0 Å². The van der Waals surface area contributed by atoms with Crippen molar-refractivity contribution in [1.82, 2.24) is 0 Å². The molecule has 3 aromatic carbocycles. The fourth-order valence-electron chi connectivity index (χ4n) is 2.65. The Morgan fingerprint density at radius 3 is 2.52 bits per heavy atom. The third-order valence-corrected chi connectivity index (χ3v) is 6.57. The van der Waals surface area contributed by atoms with Crippen molar-refractivity contribution in [3.05, 3.63) is 82.9 Å². The minimum atomic E-state index is -4.10. The summed E-state index contributed by atoms with van der Waals surface area (Å²) >= 11 is 7.48. The molecule has 0 saturated carbocycles. The van der Waals surface area contributed by atoms with Crippen molar-refractivity contribution < 1.29 is 17.2 Å². The van der Waals surface area contributed by atoms with Gasteiger partial charge >= 0.3 is 0 Å². The van der Waals surface area contributed by atoms with Crippen LogP contribution in [0.15, 0.2) is 70.5 Å². The molecular formula is C20H17ClF2N2O2S2. The molecule has 0 fully saturated rings. The fourth-order valence-corrected chi connectivity index (χ4v) is 4.58. The molecular weight excluding hydrogens is 438 g/mol. The number of halogens is 3. The summed E-state index contributed by atoms with van der Waals surface area (Å²) in [6, 6.07) is 14.4. The fraction of sp³-hybridized carbons (Fsp3) is 0.100. The summed E-state index contributed by atoms with van der Waals surface area (Å²) in [4.78, 5) is 0.580. The molecule has 0 aliphatic heterocycles. The Kier molecular flexibility index (Phi) is 6.66. The number of hydrogen-bond acceptors (Lipinski definition) is 4. The molecule has 0 aliphatic carbocycles. The van der Waals surface area contributed by atoms with E-state index >= 15 is 0 Å². The zero-order chi connectivity index (χ0) is 21.0. The Morgan fingerprint density at radius 2 is 1.79 bits per heavy atom. The van der Waals surface area contributed by atoms with Gasteiger partial charge in [-0.3, -0.25) is 4.72 Å². The Hall–Kier alpha value is -2.29. The van der Waals surface area contributed by atoms with E-state index in [1.165, 1.54) is 36.0 Å². The van der Waals surface area contributed by atoms with Crippen LogP contribution in [-0.2, 0) is 16.6 Å². The third-order valence-electron chi connectivity index (χ3n) is 4.07. The van der Waals surface area contributed by atoms with Crippen molar-refractivity contribution in [3.63, 3.8) is 0 Å². The highest BCUT2D eigenvalue weighted by Gasteiger charge is 2.20. The van der Waals surface area contributed by atoms with E-state index < -0.39 is 21.7 Å². The predicted molar refractivity (Wildman–Crippen MR) is 114 cm³/mol. The van der Waals surface area contributed by atoms with Gasteiger partial charge in [0.1, 0.15) is 16.5 Å². The first-order valence-electron chi connectivity index (χ1n) is 8.43. The highest BCUT2D eigenvalue weighted by molar-refractivity contribution is 7.98. The smallest absolute Gasteiger partial charge is 0.264 e. The van der Waals surface area contributed by atoms with Crippen LogP contribution in [0.25, 0.3) is 0 Å². The van der Waals surface area contributed by atoms with Crippen molar-refractivity contribution in [1.29, 1.82) is 0 Å². The van der Waals surface area contributed by atoms with E-state index in [1.807, 2.05) is 12.3 Å². The SMILES string of the molecule is CSc1cccc(NS(=O)(=O)c2cc(F)ccc2NCc2c(F)cccc2Cl)c1. The zero-order valence-electron chi connectivity index (χ0n) is 15.2. The van der Waals surface area contributed by atoms with Crippen LogP contribution in [0.5, 0.6) is 0 Å². The quantitative estimate of drug-likeness (QED) is 0.446. The molecule has 29 heavy (non-hydrogen) atoms. The van der Waals surface area contributed by atoms with Gasteiger partial charge in [0.25, 0.3) is 10.0 Å². The molecule has 0 heterocycles. The van der Waals surface area contributed by atoms with Crippen molar-refractivity contribution >= 4 is 44.8 Å². The maximum Gasteiger partial charge on any atom is 0.264 e. The molecule has 0 saturated heterocycles. The van der Waals surface area contributed by atoms with E-state index in [0.717, 1.165) is 17.0 Å². The molecule has 2 N–H and O–H groups in total. The Labute approximate surface area is 177 Å². The minimum absolute atomic E-state index is 0.0678. The monoisotopic (exact) mass is 454 g/mol. The van der Waals surface area contributed by atoms with Crippen LogP contribution in [0.2, 0.25) is 5.02 Å². The maximum absolute atomic E-state index is 14.0. The number of benzene rings is 3. The lowest BCUT2D eigenvalue weighted by atomic mass is 10.2. The molecule has 3 aromatic rings. The van der Waals surface area contributed by atoms with Crippen molar-refractivity contribution in [2.24, 2.45) is 0 Å². The molecule has 0 radical (unpaired) electrons. The summed E-state index contributed by atoms with van der Waals surface area (Å²) in [7, 11) is -4.10. The first kappa shape index (κ1) is 21.4. The lowest BCUT2D eigenvalue weighted by Gasteiger charge is -2.15. The number of sulfonamides is 1. The lowest BCUT2D eigenvalue weighted by molar-refractivity contribution is 0.595. The van der Waals surface area contributed by atoms with Crippen LogP contribution in [0.4, 0.5) is 20.2 Å². The van der Waals surface area contributed by atoms with E-state index in [-0.39, 0.29) is 27.7 Å². The average molecular weight is 455 g/mol. The largest absolute Gasteiger partial charge is 0.380 e. The average Bonchev–Trinajstić information content (AvgIpc) is 2.68. The highest BCUT2D eigenvalue weighted by atomic mass is 35.5. The first-order valence-corrected chi connectivity index (χ1v) is 11.5. The van der Waals surface area contributed by atoms with Gasteiger partial charge in [-0.15, -0.1) is 11.8 Å². The summed E-state index contributed by atoms with van der Waals surface area (Å²) in [5, 5.41) is 3.04. The van der Waals surface area contributed by atoms with Gasteiger partial charge in [-0.25, -0.2) is 17.2 Å². The van der Waals surface area contributed by atoms with Gasteiger partial charge in [0.05, 0.1) is 5.69 Å². The Morgan fingerprint density at radius 1 is 1.03 bits per heavy atom. The van der Waals surface area contributed by atoms with E-state index in [9.17, 15) is 17.2 Å². The van der Waals surface area contributed by atoms with Crippen LogP contribution in [-0.4, -0.2) is 14.7 Å². The van der Waals surface area contributed by atoms with Crippen LogP contribution in [0.1, 0.15) is 5.56 Å². The van der Waals surface area contributed by atoms with E-state index in [1.54, 1.807) is 18.2 Å². The lowest BCUT2D eigenvalue weighted by Crippen LogP contribution is -2.16. The van der Waals surface area contributed by atoms with Gasteiger partial charge in [0, 0.05) is 27.7 Å². The number of thioether (sulfide) groups is 1. The molecule has 9 heteroatoms. The Balaban J connectivity index is 1.91. The topological polar surface area (TPSA) is 58.2 Å². The molecule has 0 atom stereocenters. The number of hydrogen-bond donors (Lipinski definition) is 2. The maximum atomic E-state index is 14.0. The van der Waals surface area contributed by atoms with Gasteiger partial charge in [-0.05, 0) is 54.8 Å². The van der Waals surface area contributed by atoms with Crippen molar-refractivity contribution in [2.75, 3.05) is 16.3 Å². The molecule has 4 nitrogen and oxygen atoms in total. The standard InChI is InChI=1S/C20H17ClF2N2O2S2/c1-28-15-5-2-4-14(11-15)25-29(26,27)20-10-13(22)8-9-19(20)24-12-16-17(21)6-3-7-18(16)23/h2-11,24-25H,12H2,1H3. The van der Waals surface area contributed by atoms with Crippen LogP contribution in [0.3, 0.4) is 0 Å². The van der Waals surface area contributed by atoms with Crippen LogP contribution < -0.4 is 10.0 Å². The van der Waals surface area contributed by atoms with Gasteiger partial charge in [-0.2, -0.15) is 0 Å². The number of rotatable bonds is 7. The molecule has 0 bridgehead atoms. The molecule has 3 rings (SSSR count). The predicted octanol–water partition coefficient (Wildman–Crippen LogP) is 5.75. The minimum Gasteiger partial charge on any atom is -0.380 e. The second-order valence-corrected chi connectivity index (χ2v) is 8.97. The van der Waals surface area contributed by atoms with Gasteiger partial charge < -0.3 is 5.32 Å². The van der Waals surface area contributed by atoms with E-state index in [0.29, 0.717) is 5.69 Å². The van der Waals surface area contributed by atoms with Gasteiger partial charge in [-0.1, -0.05) is 23.7 Å². The third kappa shape index (κ3) is 5.20. The highest BCUT2D eigenvalue weighted by Crippen LogP contribution is 2.28. The molecule has 0 aliphatic rings. The molecule has 0 aromatic heterocycles. The van der Waals surface area contributed by atoms with Crippen LogP contribution in [0, 0.1) is 11.6 Å². The molecule has 152 valence electrons. The second kappa shape index (κ2) is 9.02. The van der Waals surface area contributed by atoms with Crippen molar-refractivity contribution in [2.45, 2.75) is 16.3 Å². The molecule has 0 amide bonds. The Bertz CT molecular complexity index is 1120. The summed E-state index contributed by atoms with van der Waals surface area (Å²) in [5.41, 5.74) is 0.658. The van der Waals surface area contributed by atoms with Gasteiger partial charge in [0.2, 0.25) is 0 Å². The second-order valence-electron chi connectivity index (χ2n) is 6.03. The molecule has 0 unspecified atom stereocenters. The normalized spacial score (nSPS) is 11.3. The zero-order valence-corrected chi connectivity index (χ0v) is 17.6. The summed E-state index contributed by atoms with van der Waals surface area (Å²) < 4.78 is 56.1. The van der Waals surface area contributed by atoms with Crippen molar-refractivity contribution in [3.8, 4) is 0 Å². The van der Waals surface area contributed by atoms with Gasteiger partial charge in [0.15, 0.2) is 0 Å². The summed E-state index contributed by atoms with van der Waals surface area (Å²) in [6.45, 7) is -0.0678. The van der Waals surface area contributed by atoms with Crippen LogP contribution >= 0.6 is 23.4 Å². The summed E-state index contributed by atoms with van der Waals surface area (Å²) in [5.74, 6) is -1.23. The molecule has 0 spiro atoms. The first-order chi connectivity index (χ1) is 13.8.